The smallest absolute Gasteiger partial charge is 0.129 e. The third-order valence-corrected chi connectivity index (χ3v) is 2.36. The van der Waals surface area contributed by atoms with Crippen LogP contribution in [-0.4, -0.2) is 11.1 Å². The van der Waals surface area contributed by atoms with Crippen LogP contribution < -0.4 is 5.73 Å². The summed E-state index contributed by atoms with van der Waals surface area (Å²) < 4.78 is 25.8. The lowest BCUT2D eigenvalue weighted by molar-refractivity contribution is 0.159. The first-order valence-electron chi connectivity index (χ1n) is 4.01. The maximum Gasteiger partial charge on any atom is 0.129 e. The van der Waals surface area contributed by atoms with E-state index in [1.54, 1.807) is 0 Å². The van der Waals surface area contributed by atoms with Gasteiger partial charge in [0.1, 0.15) is 11.6 Å². The van der Waals surface area contributed by atoms with E-state index in [2.05, 4.69) is 0 Å². The van der Waals surface area contributed by atoms with Crippen molar-refractivity contribution in [2.75, 3.05) is 0 Å². The molecular weight excluding hydrogens is 176 g/mol. The number of rotatable bonds is 0. The fourth-order valence-corrected chi connectivity index (χ4v) is 1.68. The quantitative estimate of drug-likeness (QED) is 0.630. The molecule has 1 aromatic rings. The Balaban J connectivity index is 2.57. The van der Waals surface area contributed by atoms with E-state index in [9.17, 15) is 13.9 Å². The van der Waals surface area contributed by atoms with Gasteiger partial charge in [0.15, 0.2) is 0 Å². The minimum Gasteiger partial charge on any atom is -0.387 e. The van der Waals surface area contributed by atoms with Gasteiger partial charge in [-0.15, -0.1) is 0 Å². The van der Waals surface area contributed by atoms with Gasteiger partial charge in [-0.1, -0.05) is 0 Å². The summed E-state index contributed by atoms with van der Waals surface area (Å²) in [5.41, 5.74) is 6.13. The number of halogens is 2. The lowest BCUT2D eigenvalue weighted by atomic mass is 10.1. The Labute approximate surface area is 74.0 Å². The van der Waals surface area contributed by atoms with Gasteiger partial charge in [-0.25, -0.2) is 8.78 Å². The van der Waals surface area contributed by atoms with Crippen molar-refractivity contribution >= 4 is 0 Å². The maximum atomic E-state index is 13.1. The zero-order chi connectivity index (χ0) is 9.59. The van der Waals surface area contributed by atoms with Crippen LogP contribution in [0.1, 0.15) is 17.2 Å². The molecule has 3 N–H and O–H groups in total. The number of hydrogen-bond acceptors (Lipinski definition) is 2. The van der Waals surface area contributed by atoms with E-state index < -0.39 is 23.8 Å². The molecule has 0 unspecified atom stereocenters. The van der Waals surface area contributed by atoms with E-state index in [1.807, 2.05) is 0 Å². The van der Waals surface area contributed by atoms with Crippen LogP contribution in [0.3, 0.4) is 0 Å². The molecule has 0 heterocycles. The standard InChI is InChI=1S/C9H9F2NO/c10-4-1-6-5(7(11)2-4)3-8(12)9(6)13/h1-2,8-9,13H,3,12H2/t8-,9+/m1/s1. The summed E-state index contributed by atoms with van der Waals surface area (Å²) in [6.07, 6.45) is -0.678. The van der Waals surface area contributed by atoms with Crippen LogP contribution in [0.15, 0.2) is 12.1 Å². The molecule has 1 aromatic carbocycles. The molecule has 0 radical (unpaired) electrons. The molecule has 13 heavy (non-hydrogen) atoms. The molecule has 70 valence electrons. The number of aliphatic hydroxyl groups excluding tert-OH is 1. The highest BCUT2D eigenvalue weighted by atomic mass is 19.1. The van der Waals surface area contributed by atoms with E-state index in [4.69, 9.17) is 5.73 Å². The van der Waals surface area contributed by atoms with Crippen LogP contribution in [0, 0.1) is 11.6 Å². The molecule has 1 aliphatic carbocycles. The molecule has 0 aliphatic heterocycles. The van der Waals surface area contributed by atoms with Crippen LogP contribution in [0.4, 0.5) is 8.78 Å². The Hall–Kier alpha value is -1.00. The second kappa shape index (κ2) is 2.75. The Kier molecular flexibility index (Phi) is 1.82. The number of hydrogen-bond donors (Lipinski definition) is 2. The van der Waals surface area contributed by atoms with Gasteiger partial charge in [0.05, 0.1) is 6.10 Å². The Morgan fingerprint density at radius 1 is 1.38 bits per heavy atom. The van der Waals surface area contributed by atoms with Crippen LogP contribution in [0.2, 0.25) is 0 Å². The van der Waals surface area contributed by atoms with Crippen LogP contribution in [0.5, 0.6) is 0 Å². The average Bonchev–Trinajstić information content (AvgIpc) is 2.32. The zero-order valence-electron chi connectivity index (χ0n) is 6.80. The normalized spacial score (nSPS) is 26.2. The van der Waals surface area contributed by atoms with Crippen molar-refractivity contribution in [2.24, 2.45) is 5.73 Å². The highest BCUT2D eigenvalue weighted by Crippen LogP contribution is 2.32. The Bertz CT molecular complexity index is 354. The van der Waals surface area contributed by atoms with Gasteiger partial charge in [0, 0.05) is 12.1 Å². The highest BCUT2D eigenvalue weighted by Gasteiger charge is 2.30. The van der Waals surface area contributed by atoms with Crippen molar-refractivity contribution in [3.8, 4) is 0 Å². The second-order valence-corrected chi connectivity index (χ2v) is 3.27. The van der Waals surface area contributed by atoms with Gasteiger partial charge < -0.3 is 10.8 Å². The second-order valence-electron chi connectivity index (χ2n) is 3.27. The fourth-order valence-electron chi connectivity index (χ4n) is 1.68. The van der Waals surface area contributed by atoms with Gasteiger partial charge in [-0.2, -0.15) is 0 Å². The Morgan fingerprint density at radius 3 is 2.77 bits per heavy atom. The van der Waals surface area contributed by atoms with Crippen molar-refractivity contribution in [3.05, 3.63) is 34.9 Å². The van der Waals surface area contributed by atoms with Crippen LogP contribution in [-0.2, 0) is 6.42 Å². The summed E-state index contributed by atoms with van der Waals surface area (Å²) in [5.74, 6) is -1.30. The molecule has 2 atom stereocenters. The topological polar surface area (TPSA) is 46.2 Å². The SMILES string of the molecule is N[C@@H]1Cc2c(F)cc(F)cc2[C@@H]1O. The van der Waals surface area contributed by atoms with Crippen molar-refractivity contribution in [1.82, 2.24) is 0 Å². The van der Waals surface area contributed by atoms with Gasteiger partial charge in [0.25, 0.3) is 0 Å². The van der Waals surface area contributed by atoms with Crippen molar-refractivity contribution in [1.29, 1.82) is 0 Å². The number of nitrogens with two attached hydrogens (primary N) is 1. The summed E-state index contributed by atoms with van der Waals surface area (Å²) in [7, 11) is 0. The minimum atomic E-state index is -0.944. The summed E-state index contributed by atoms with van der Waals surface area (Å²) in [6, 6.07) is 1.42. The molecule has 2 nitrogen and oxygen atoms in total. The van der Waals surface area contributed by atoms with Gasteiger partial charge in [-0.3, -0.25) is 0 Å². The van der Waals surface area contributed by atoms with Gasteiger partial charge >= 0.3 is 0 Å². The van der Waals surface area contributed by atoms with Crippen molar-refractivity contribution < 1.29 is 13.9 Å². The summed E-state index contributed by atoms with van der Waals surface area (Å²) in [5, 5.41) is 9.44. The predicted octanol–water partition coefficient (Wildman–Crippen LogP) is 0.882. The van der Waals surface area contributed by atoms with Crippen molar-refractivity contribution in [3.63, 3.8) is 0 Å². The number of aliphatic hydroxyl groups is 1. The first-order chi connectivity index (χ1) is 6.09. The van der Waals surface area contributed by atoms with E-state index >= 15 is 0 Å². The predicted molar refractivity (Wildman–Crippen MR) is 43.0 cm³/mol. The third-order valence-electron chi connectivity index (χ3n) is 2.36. The zero-order valence-corrected chi connectivity index (χ0v) is 6.80. The number of fused-ring (bicyclic) bond motifs is 1. The monoisotopic (exact) mass is 185 g/mol. The lowest BCUT2D eigenvalue weighted by Gasteiger charge is -2.07. The molecule has 0 aromatic heterocycles. The van der Waals surface area contributed by atoms with Gasteiger partial charge in [0.2, 0.25) is 0 Å². The molecule has 1 aliphatic rings. The van der Waals surface area contributed by atoms with Crippen LogP contribution in [0.25, 0.3) is 0 Å². The van der Waals surface area contributed by atoms with E-state index in [0.29, 0.717) is 5.56 Å². The fraction of sp³-hybridized carbons (Fsp3) is 0.333. The first-order valence-corrected chi connectivity index (χ1v) is 4.01. The number of benzene rings is 1. The summed E-state index contributed by atoms with van der Waals surface area (Å²) in [6.45, 7) is 0. The molecule has 0 bridgehead atoms. The molecule has 0 fully saturated rings. The first kappa shape index (κ1) is 8.59. The molecule has 0 saturated carbocycles. The van der Waals surface area contributed by atoms with E-state index in [1.165, 1.54) is 0 Å². The molecule has 2 rings (SSSR count). The lowest BCUT2D eigenvalue weighted by Crippen LogP contribution is -2.24. The molecule has 0 saturated heterocycles. The van der Waals surface area contributed by atoms with E-state index in [0.717, 1.165) is 12.1 Å². The van der Waals surface area contributed by atoms with Crippen LogP contribution >= 0.6 is 0 Å². The third kappa shape index (κ3) is 1.22. The van der Waals surface area contributed by atoms with Crippen molar-refractivity contribution in [2.45, 2.75) is 18.6 Å². The van der Waals surface area contributed by atoms with Gasteiger partial charge in [-0.05, 0) is 23.6 Å². The molecule has 0 spiro atoms. The Morgan fingerprint density at radius 2 is 2.08 bits per heavy atom. The summed E-state index contributed by atoms with van der Waals surface area (Å²) >= 11 is 0. The molecular formula is C9H9F2NO. The summed E-state index contributed by atoms with van der Waals surface area (Å²) in [4.78, 5) is 0. The average molecular weight is 185 g/mol. The molecule has 0 amide bonds. The maximum absolute atomic E-state index is 13.1. The highest BCUT2D eigenvalue weighted by molar-refractivity contribution is 5.37. The van der Waals surface area contributed by atoms with E-state index in [-0.39, 0.29) is 12.0 Å². The molecule has 4 heteroatoms. The minimum absolute atomic E-state index is 0.266. The largest absolute Gasteiger partial charge is 0.387 e.